The summed E-state index contributed by atoms with van der Waals surface area (Å²) in [6.45, 7) is 6.64. The highest BCUT2D eigenvalue weighted by Crippen LogP contribution is 2.24. The summed E-state index contributed by atoms with van der Waals surface area (Å²) in [5, 5.41) is 14.2. The first-order valence-corrected chi connectivity index (χ1v) is 9.82. The molecule has 0 radical (unpaired) electrons. The van der Waals surface area contributed by atoms with Gasteiger partial charge < -0.3 is 15.5 Å². The van der Waals surface area contributed by atoms with Crippen molar-refractivity contribution in [1.29, 1.82) is 0 Å². The van der Waals surface area contributed by atoms with Crippen molar-refractivity contribution in [3.63, 3.8) is 0 Å². The second kappa shape index (κ2) is 8.84. The van der Waals surface area contributed by atoms with Crippen LogP contribution >= 0.6 is 11.3 Å². The number of anilines is 1. The molecule has 0 unspecified atom stereocenters. The molecular formula is C17H27N7S. The molecule has 3 rings (SSSR count). The number of hydrogen-bond acceptors (Lipinski definition) is 5. The Morgan fingerprint density at radius 2 is 2.16 bits per heavy atom. The van der Waals surface area contributed by atoms with Crippen molar-refractivity contribution in [3.8, 4) is 0 Å². The van der Waals surface area contributed by atoms with E-state index in [0.29, 0.717) is 6.54 Å². The zero-order valence-electron chi connectivity index (χ0n) is 15.0. The zero-order valence-corrected chi connectivity index (χ0v) is 15.8. The molecule has 2 aromatic heterocycles. The van der Waals surface area contributed by atoms with Gasteiger partial charge in [-0.3, -0.25) is 4.68 Å². The van der Waals surface area contributed by atoms with Gasteiger partial charge in [0.1, 0.15) is 0 Å². The molecule has 0 amide bonds. The maximum Gasteiger partial charge on any atom is 0.191 e. The molecule has 136 valence electrons. The second-order valence-electron chi connectivity index (χ2n) is 6.13. The highest BCUT2D eigenvalue weighted by Gasteiger charge is 2.15. The fraction of sp³-hybridized carbons (Fsp3) is 0.588. The summed E-state index contributed by atoms with van der Waals surface area (Å²) in [6.07, 6.45) is 5.27. The monoisotopic (exact) mass is 361 g/mol. The Hall–Kier alpha value is -2.09. The van der Waals surface area contributed by atoms with Crippen LogP contribution in [-0.2, 0) is 20.0 Å². The average molecular weight is 362 g/mol. The highest BCUT2D eigenvalue weighted by atomic mass is 32.1. The first kappa shape index (κ1) is 17.7. The van der Waals surface area contributed by atoms with E-state index in [2.05, 4.69) is 37.9 Å². The van der Waals surface area contributed by atoms with Crippen LogP contribution in [0.15, 0.2) is 22.6 Å². The van der Waals surface area contributed by atoms with Gasteiger partial charge in [0.15, 0.2) is 11.1 Å². The summed E-state index contributed by atoms with van der Waals surface area (Å²) >= 11 is 1.76. The van der Waals surface area contributed by atoms with E-state index in [1.54, 1.807) is 17.5 Å². The van der Waals surface area contributed by atoms with Crippen molar-refractivity contribution in [2.45, 2.75) is 32.7 Å². The minimum atomic E-state index is 0.613. The van der Waals surface area contributed by atoms with Gasteiger partial charge >= 0.3 is 0 Å². The number of rotatable bonds is 7. The SMILES string of the molecule is CCNC(=NCc1ccnn1C)NCCc1csc(N2CCCC2)n1. The summed E-state index contributed by atoms with van der Waals surface area (Å²) in [5.74, 6) is 0.832. The Labute approximate surface area is 153 Å². The van der Waals surface area contributed by atoms with Crippen LogP contribution in [0.3, 0.4) is 0 Å². The zero-order chi connectivity index (χ0) is 17.5. The molecular weight excluding hydrogens is 334 g/mol. The molecule has 25 heavy (non-hydrogen) atoms. The fourth-order valence-electron chi connectivity index (χ4n) is 2.83. The Balaban J connectivity index is 1.49. The molecule has 0 aromatic carbocycles. The average Bonchev–Trinajstić information content (AvgIpc) is 3.34. The van der Waals surface area contributed by atoms with Gasteiger partial charge in [-0.25, -0.2) is 9.98 Å². The number of nitrogens with one attached hydrogen (secondary N) is 2. The molecule has 3 heterocycles. The summed E-state index contributed by atoms with van der Waals surface area (Å²) in [7, 11) is 1.94. The standard InChI is InChI=1S/C17H27N7S/c1-3-18-16(20-12-15-7-9-21-23(15)2)19-8-6-14-13-25-17(22-14)24-10-4-5-11-24/h7,9,13H,3-6,8,10-12H2,1-2H3,(H2,18,19,20). The first-order chi connectivity index (χ1) is 12.3. The van der Waals surface area contributed by atoms with Crippen molar-refractivity contribution in [2.75, 3.05) is 31.1 Å². The summed E-state index contributed by atoms with van der Waals surface area (Å²) < 4.78 is 1.85. The van der Waals surface area contributed by atoms with Crippen molar-refractivity contribution in [3.05, 3.63) is 29.0 Å². The minimum absolute atomic E-state index is 0.613. The molecule has 1 aliphatic heterocycles. The smallest absolute Gasteiger partial charge is 0.191 e. The van der Waals surface area contributed by atoms with Gasteiger partial charge in [-0.1, -0.05) is 0 Å². The Kier molecular flexibility index (Phi) is 6.27. The van der Waals surface area contributed by atoms with Crippen molar-refractivity contribution < 1.29 is 0 Å². The summed E-state index contributed by atoms with van der Waals surface area (Å²) in [5.41, 5.74) is 2.24. The Morgan fingerprint density at radius 3 is 2.88 bits per heavy atom. The molecule has 0 aliphatic carbocycles. The topological polar surface area (TPSA) is 70.4 Å². The van der Waals surface area contributed by atoms with Crippen molar-refractivity contribution in [2.24, 2.45) is 12.0 Å². The van der Waals surface area contributed by atoms with Gasteiger partial charge in [0.2, 0.25) is 0 Å². The quantitative estimate of drug-likeness (QED) is 0.581. The maximum absolute atomic E-state index is 4.77. The number of guanidine groups is 1. The van der Waals surface area contributed by atoms with Gasteiger partial charge in [0.25, 0.3) is 0 Å². The van der Waals surface area contributed by atoms with E-state index in [9.17, 15) is 0 Å². The van der Waals surface area contributed by atoms with Crippen LogP contribution in [0.5, 0.6) is 0 Å². The van der Waals surface area contributed by atoms with E-state index in [4.69, 9.17) is 4.98 Å². The van der Waals surface area contributed by atoms with Crippen molar-refractivity contribution >= 4 is 22.4 Å². The number of aliphatic imine (C=N–C) groups is 1. The van der Waals surface area contributed by atoms with E-state index in [-0.39, 0.29) is 0 Å². The molecule has 2 N–H and O–H groups in total. The van der Waals surface area contributed by atoms with E-state index in [0.717, 1.165) is 49.9 Å². The van der Waals surface area contributed by atoms with E-state index >= 15 is 0 Å². The number of nitrogens with zero attached hydrogens (tertiary/aromatic N) is 5. The van der Waals surface area contributed by atoms with Crippen LogP contribution in [0.4, 0.5) is 5.13 Å². The van der Waals surface area contributed by atoms with Gasteiger partial charge in [0.05, 0.1) is 17.9 Å². The summed E-state index contributed by atoms with van der Waals surface area (Å²) in [6, 6.07) is 1.99. The maximum atomic E-state index is 4.77. The van der Waals surface area contributed by atoms with Gasteiger partial charge in [0, 0.05) is 51.2 Å². The van der Waals surface area contributed by atoms with Gasteiger partial charge in [-0.2, -0.15) is 5.10 Å². The molecule has 0 bridgehead atoms. The lowest BCUT2D eigenvalue weighted by molar-refractivity contribution is 0.706. The Morgan fingerprint density at radius 1 is 1.32 bits per heavy atom. The number of thiazole rings is 1. The lowest BCUT2D eigenvalue weighted by atomic mass is 10.3. The predicted octanol–water partition coefficient (Wildman–Crippen LogP) is 1.77. The van der Waals surface area contributed by atoms with E-state index < -0.39 is 0 Å². The fourth-order valence-corrected chi connectivity index (χ4v) is 3.75. The van der Waals surface area contributed by atoms with Crippen LogP contribution in [0.2, 0.25) is 0 Å². The summed E-state index contributed by atoms with van der Waals surface area (Å²) in [4.78, 5) is 11.8. The lowest BCUT2D eigenvalue weighted by Crippen LogP contribution is -2.38. The largest absolute Gasteiger partial charge is 0.357 e. The van der Waals surface area contributed by atoms with Gasteiger partial charge in [-0.15, -0.1) is 11.3 Å². The normalized spacial score (nSPS) is 15.0. The third kappa shape index (κ3) is 4.94. The van der Waals surface area contributed by atoms with Crippen LogP contribution in [0, 0.1) is 0 Å². The first-order valence-electron chi connectivity index (χ1n) is 8.94. The molecule has 1 fully saturated rings. The molecule has 0 saturated carbocycles. The Bertz CT molecular complexity index is 685. The third-order valence-corrected chi connectivity index (χ3v) is 5.21. The minimum Gasteiger partial charge on any atom is -0.357 e. The molecule has 8 heteroatoms. The highest BCUT2D eigenvalue weighted by molar-refractivity contribution is 7.13. The van der Waals surface area contributed by atoms with Crippen LogP contribution in [0.25, 0.3) is 0 Å². The van der Waals surface area contributed by atoms with Crippen molar-refractivity contribution in [1.82, 2.24) is 25.4 Å². The molecule has 1 saturated heterocycles. The molecule has 0 spiro atoms. The lowest BCUT2D eigenvalue weighted by Gasteiger charge is -2.12. The van der Waals surface area contributed by atoms with Gasteiger partial charge in [-0.05, 0) is 25.8 Å². The molecule has 2 aromatic rings. The number of hydrogen-bond donors (Lipinski definition) is 2. The van der Waals surface area contributed by atoms with E-state index in [1.165, 1.54) is 18.0 Å². The van der Waals surface area contributed by atoms with Crippen LogP contribution in [0.1, 0.15) is 31.2 Å². The third-order valence-electron chi connectivity index (χ3n) is 4.26. The molecule has 1 aliphatic rings. The molecule has 7 nitrogen and oxygen atoms in total. The number of aromatic nitrogens is 3. The van der Waals surface area contributed by atoms with E-state index in [1.807, 2.05) is 17.8 Å². The molecule has 0 atom stereocenters. The number of aryl methyl sites for hydroxylation is 1. The van der Waals surface area contributed by atoms with Crippen LogP contribution in [-0.4, -0.2) is 46.9 Å². The van der Waals surface area contributed by atoms with Crippen LogP contribution < -0.4 is 15.5 Å². The second-order valence-corrected chi connectivity index (χ2v) is 6.97. The predicted molar refractivity (Wildman–Crippen MR) is 103 cm³/mol.